The van der Waals surface area contributed by atoms with Gasteiger partial charge < -0.3 is 5.32 Å². The molecule has 0 unspecified atom stereocenters. The molecule has 4 aromatic rings. The molecular weight excluding hydrogens is 461 g/mol. The van der Waals surface area contributed by atoms with E-state index in [0.717, 1.165) is 42.0 Å². The van der Waals surface area contributed by atoms with E-state index in [9.17, 15) is 18.0 Å². The summed E-state index contributed by atoms with van der Waals surface area (Å²) in [5, 5.41) is 14.6. The normalized spacial score (nSPS) is 11.4. The number of hydrogen-bond donors (Lipinski definition) is 2. The summed E-state index contributed by atoms with van der Waals surface area (Å²) in [7, 11) is 0. The van der Waals surface area contributed by atoms with Crippen LogP contribution in [0.15, 0.2) is 84.9 Å². The van der Waals surface area contributed by atoms with Crippen LogP contribution in [0.2, 0.25) is 0 Å². The van der Waals surface area contributed by atoms with E-state index in [4.69, 9.17) is 0 Å². The molecule has 0 radical (unpaired) electrons. The van der Waals surface area contributed by atoms with Gasteiger partial charge in [-0.2, -0.15) is 13.2 Å². The summed E-state index contributed by atoms with van der Waals surface area (Å²) in [6.45, 7) is 0.635. The van der Waals surface area contributed by atoms with Gasteiger partial charge in [-0.05, 0) is 41.8 Å². The third-order valence-electron chi connectivity index (χ3n) is 5.23. The Kier molecular flexibility index (Phi) is 7.22. The van der Waals surface area contributed by atoms with Crippen molar-refractivity contribution in [1.82, 2.24) is 10.2 Å². The number of benzene rings is 3. The van der Waals surface area contributed by atoms with Crippen molar-refractivity contribution in [2.45, 2.75) is 18.5 Å². The second-order valence-corrected chi connectivity index (χ2v) is 8.51. The second-order valence-electron chi connectivity index (χ2n) is 7.53. The van der Waals surface area contributed by atoms with Crippen LogP contribution in [0.1, 0.15) is 39.4 Å². The van der Waals surface area contributed by atoms with Gasteiger partial charge in [0.15, 0.2) is 0 Å². The molecule has 0 aliphatic heterocycles. The molecule has 1 heterocycles. The lowest BCUT2D eigenvalue weighted by Gasteiger charge is -2.18. The van der Waals surface area contributed by atoms with Crippen molar-refractivity contribution < 1.29 is 18.0 Å². The monoisotopic (exact) mass is 482 g/mol. The van der Waals surface area contributed by atoms with Crippen molar-refractivity contribution in [1.29, 1.82) is 0 Å². The number of aromatic nitrogens is 2. The van der Waals surface area contributed by atoms with E-state index in [1.807, 2.05) is 36.4 Å². The number of amides is 1. The van der Waals surface area contributed by atoms with Gasteiger partial charge >= 0.3 is 6.18 Å². The third kappa shape index (κ3) is 5.99. The minimum atomic E-state index is -4.45. The van der Waals surface area contributed by atoms with Crippen LogP contribution in [0.4, 0.5) is 23.4 Å². The number of nitrogens with one attached hydrogen (secondary N) is 2. The summed E-state index contributed by atoms with van der Waals surface area (Å²) < 4.78 is 38.1. The minimum Gasteiger partial charge on any atom is -0.360 e. The lowest BCUT2D eigenvalue weighted by atomic mass is 9.88. The first-order valence-corrected chi connectivity index (χ1v) is 11.4. The van der Waals surface area contributed by atoms with Gasteiger partial charge in [-0.1, -0.05) is 72.0 Å². The topological polar surface area (TPSA) is 66.9 Å². The highest BCUT2D eigenvalue weighted by Gasteiger charge is 2.30. The molecule has 2 N–H and O–H groups in total. The van der Waals surface area contributed by atoms with Crippen molar-refractivity contribution in [3.8, 4) is 0 Å². The molecule has 0 fully saturated rings. The van der Waals surface area contributed by atoms with Gasteiger partial charge in [-0.15, -0.1) is 10.2 Å². The number of carbonyl (C=O) groups is 1. The van der Waals surface area contributed by atoms with Gasteiger partial charge in [0, 0.05) is 18.0 Å². The van der Waals surface area contributed by atoms with Crippen molar-refractivity contribution >= 4 is 27.5 Å². The standard InChI is InChI=1S/C25H21F3N4OS/c26-25(27,28)20-13-11-19(12-14-20)22(33)30-24-32-31-23(34-24)29-16-15-21(17-7-3-1-4-8-17)18-9-5-2-6-10-18/h1-14,21H,15-16H2,(H,29,31)(H,30,32,33). The summed E-state index contributed by atoms with van der Waals surface area (Å²) in [6.07, 6.45) is -3.63. The van der Waals surface area contributed by atoms with Gasteiger partial charge in [0.2, 0.25) is 10.3 Å². The smallest absolute Gasteiger partial charge is 0.360 e. The van der Waals surface area contributed by atoms with E-state index in [1.54, 1.807) is 0 Å². The predicted octanol–water partition coefficient (Wildman–Crippen LogP) is 6.44. The second kappa shape index (κ2) is 10.5. The van der Waals surface area contributed by atoms with Crippen molar-refractivity contribution in [2.24, 2.45) is 0 Å². The van der Waals surface area contributed by atoms with Crippen molar-refractivity contribution in [2.75, 3.05) is 17.2 Å². The molecule has 9 heteroatoms. The zero-order valence-corrected chi connectivity index (χ0v) is 18.7. The molecule has 0 saturated carbocycles. The first-order valence-electron chi connectivity index (χ1n) is 10.6. The van der Waals surface area contributed by atoms with E-state index >= 15 is 0 Å². The number of alkyl halides is 3. The Morgan fingerprint density at radius 2 is 1.38 bits per heavy atom. The molecule has 5 nitrogen and oxygen atoms in total. The molecule has 0 spiro atoms. The van der Waals surface area contributed by atoms with Gasteiger partial charge in [0.05, 0.1) is 5.56 Å². The SMILES string of the molecule is O=C(Nc1nnc(NCCC(c2ccccc2)c2ccccc2)s1)c1ccc(C(F)(F)F)cc1. The van der Waals surface area contributed by atoms with Crippen LogP contribution >= 0.6 is 11.3 Å². The quantitative estimate of drug-likeness (QED) is 0.303. The van der Waals surface area contributed by atoms with Crippen molar-refractivity contribution in [3.63, 3.8) is 0 Å². The number of rotatable bonds is 8. The van der Waals surface area contributed by atoms with Crippen molar-refractivity contribution in [3.05, 3.63) is 107 Å². The fourth-order valence-electron chi connectivity index (χ4n) is 3.54. The zero-order valence-electron chi connectivity index (χ0n) is 17.9. The fraction of sp³-hybridized carbons (Fsp3) is 0.160. The van der Waals surface area contributed by atoms with Gasteiger partial charge in [0.25, 0.3) is 5.91 Å². The molecule has 3 aromatic carbocycles. The number of halogens is 3. The molecule has 0 aliphatic carbocycles. The van der Waals surface area contributed by atoms with E-state index < -0.39 is 17.6 Å². The van der Waals surface area contributed by atoms with E-state index in [-0.39, 0.29) is 16.6 Å². The Morgan fingerprint density at radius 3 is 1.94 bits per heavy atom. The molecule has 0 bridgehead atoms. The summed E-state index contributed by atoms with van der Waals surface area (Å²) >= 11 is 1.16. The summed E-state index contributed by atoms with van der Waals surface area (Å²) in [5.41, 5.74) is 1.73. The fourth-order valence-corrected chi connectivity index (χ4v) is 4.21. The molecular formula is C25H21F3N4OS. The maximum Gasteiger partial charge on any atom is 0.416 e. The number of nitrogens with zero attached hydrogens (tertiary/aromatic N) is 2. The zero-order chi connectivity index (χ0) is 24.0. The van der Waals surface area contributed by atoms with E-state index in [2.05, 4.69) is 45.1 Å². The molecule has 0 aliphatic rings. The Hall–Kier alpha value is -3.72. The number of anilines is 2. The number of hydrogen-bond acceptors (Lipinski definition) is 5. The average Bonchev–Trinajstić information content (AvgIpc) is 3.29. The first-order chi connectivity index (χ1) is 16.4. The van der Waals surface area contributed by atoms with Crippen LogP contribution in [-0.4, -0.2) is 22.6 Å². The largest absolute Gasteiger partial charge is 0.416 e. The highest BCUT2D eigenvalue weighted by molar-refractivity contribution is 7.19. The Bertz CT molecular complexity index is 1170. The Morgan fingerprint density at radius 1 is 0.824 bits per heavy atom. The molecule has 34 heavy (non-hydrogen) atoms. The summed E-state index contributed by atoms with van der Waals surface area (Å²) in [6, 6.07) is 24.5. The minimum absolute atomic E-state index is 0.103. The van der Waals surface area contributed by atoms with Crippen LogP contribution in [0.3, 0.4) is 0 Å². The van der Waals surface area contributed by atoms with Gasteiger partial charge in [-0.3, -0.25) is 10.1 Å². The molecule has 174 valence electrons. The van der Waals surface area contributed by atoms with Gasteiger partial charge in [0.1, 0.15) is 0 Å². The van der Waals surface area contributed by atoms with Crippen LogP contribution in [0.25, 0.3) is 0 Å². The van der Waals surface area contributed by atoms with Crippen LogP contribution in [-0.2, 0) is 6.18 Å². The van der Waals surface area contributed by atoms with Crippen LogP contribution in [0, 0.1) is 0 Å². The Labute approximate surface area is 198 Å². The lowest BCUT2D eigenvalue weighted by Crippen LogP contribution is -2.12. The van der Waals surface area contributed by atoms with Gasteiger partial charge in [-0.25, -0.2) is 0 Å². The molecule has 0 atom stereocenters. The van der Waals surface area contributed by atoms with E-state index in [0.29, 0.717) is 11.7 Å². The highest BCUT2D eigenvalue weighted by atomic mass is 32.1. The van der Waals surface area contributed by atoms with Crippen LogP contribution < -0.4 is 10.6 Å². The third-order valence-corrected chi connectivity index (χ3v) is 6.03. The maximum atomic E-state index is 12.7. The number of carbonyl (C=O) groups excluding carboxylic acids is 1. The molecule has 1 amide bonds. The van der Waals surface area contributed by atoms with E-state index in [1.165, 1.54) is 11.1 Å². The molecule has 0 saturated heterocycles. The Balaban J connectivity index is 1.35. The molecule has 4 rings (SSSR count). The maximum absolute atomic E-state index is 12.7. The predicted molar refractivity (Wildman–Crippen MR) is 127 cm³/mol. The highest BCUT2D eigenvalue weighted by Crippen LogP contribution is 2.30. The first kappa shape index (κ1) is 23.4. The summed E-state index contributed by atoms with van der Waals surface area (Å²) in [4.78, 5) is 12.3. The lowest BCUT2D eigenvalue weighted by molar-refractivity contribution is -0.137. The molecule has 1 aromatic heterocycles. The average molecular weight is 483 g/mol. The van der Waals surface area contributed by atoms with Crippen LogP contribution in [0.5, 0.6) is 0 Å². The summed E-state index contributed by atoms with van der Waals surface area (Å²) in [5.74, 6) is -0.341.